The Bertz CT molecular complexity index is 116. The van der Waals surface area contributed by atoms with Gasteiger partial charge in [0.25, 0.3) is 0 Å². The van der Waals surface area contributed by atoms with Crippen LogP contribution in [0.3, 0.4) is 0 Å². The molecular weight excluding hydrogens is 149 g/mol. The van der Waals surface area contributed by atoms with Crippen LogP contribution in [-0.2, 0) is 0 Å². The van der Waals surface area contributed by atoms with Crippen LogP contribution in [-0.4, -0.2) is 41.2 Å². The summed E-state index contributed by atoms with van der Waals surface area (Å²) in [6, 6.07) is -0.794. The lowest BCUT2D eigenvalue weighted by atomic mass is 10.1. The van der Waals surface area contributed by atoms with Gasteiger partial charge < -0.3 is 15.5 Å². The van der Waals surface area contributed by atoms with E-state index in [-0.39, 0.29) is 12.6 Å². The first-order valence-corrected chi connectivity index (χ1v) is 3.89. The van der Waals surface area contributed by atoms with Gasteiger partial charge in [0.15, 0.2) is 0 Å². The smallest absolute Gasteiger partial charge is 0.143 e. The number of aliphatic hydroxyl groups excluding tert-OH is 2. The molecule has 0 amide bonds. The average Bonchev–Trinajstić information content (AvgIpc) is 2.30. The van der Waals surface area contributed by atoms with Crippen molar-refractivity contribution in [2.75, 3.05) is 6.61 Å². The van der Waals surface area contributed by atoms with E-state index in [2.05, 4.69) is 5.32 Å². The third kappa shape index (κ3) is 1.52. The SMILES string of the molecule is CC[C@@H]1N[C@H](CO)[C@@H](O)[C@@H]1F. The fourth-order valence-corrected chi connectivity index (χ4v) is 1.43. The average molecular weight is 163 g/mol. The fraction of sp³-hybridized carbons (Fsp3) is 1.00. The van der Waals surface area contributed by atoms with Gasteiger partial charge in [-0.2, -0.15) is 0 Å². The monoisotopic (exact) mass is 163 g/mol. The Hall–Kier alpha value is -0.190. The number of hydrogen-bond donors (Lipinski definition) is 3. The predicted octanol–water partition coefficient (Wildman–Crippen LogP) is -0.572. The van der Waals surface area contributed by atoms with Gasteiger partial charge in [-0.25, -0.2) is 4.39 Å². The molecule has 66 valence electrons. The minimum Gasteiger partial charge on any atom is -0.395 e. The third-order valence-corrected chi connectivity index (χ3v) is 2.19. The van der Waals surface area contributed by atoms with Crippen LogP contribution in [0.4, 0.5) is 4.39 Å². The van der Waals surface area contributed by atoms with E-state index in [0.717, 1.165) is 0 Å². The standard InChI is InChI=1S/C7H14FNO2/c1-2-4-6(8)7(11)5(3-10)9-4/h4-7,9-11H,2-3H2,1H3/t4-,5+,6+,7+/m0/s1. The Morgan fingerprint density at radius 1 is 1.45 bits per heavy atom. The molecule has 1 saturated heterocycles. The van der Waals surface area contributed by atoms with E-state index >= 15 is 0 Å². The van der Waals surface area contributed by atoms with Gasteiger partial charge >= 0.3 is 0 Å². The van der Waals surface area contributed by atoms with Crippen molar-refractivity contribution in [1.29, 1.82) is 0 Å². The Labute approximate surface area is 65.2 Å². The molecule has 0 radical (unpaired) electrons. The molecule has 0 aromatic carbocycles. The lowest BCUT2D eigenvalue weighted by Crippen LogP contribution is -2.36. The Morgan fingerprint density at radius 3 is 2.36 bits per heavy atom. The largest absolute Gasteiger partial charge is 0.395 e. The van der Waals surface area contributed by atoms with Crippen molar-refractivity contribution in [3.63, 3.8) is 0 Å². The molecule has 3 N–H and O–H groups in total. The summed E-state index contributed by atoms with van der Waals surface area (Å²) in [5.41, 5.74) is 0. The number of aliphatic hydroxyl groups is 2. The molecule has 0 saturated carbocycles. The molecular formula is C7H14FNO2. The quantitative estimate of drug-likeness (QED) is 0.511. The molecule has 4 heteroatoms. The molecule has 1 fully saturated rings. The first kappa shape index (κ1) is 8.90. The van der Waals surface area contributed by atoms with E-state index in [1.165, 1.54) is 0 Å². The van der Waals surface area contributed by atoms with Crippen LogP contribution >= 0.6 is 0 Å². The minimum absolute atomic E-state index is 0.210. The van der Waals surface area contributed by atoms with Crippen LogP contribution in [0, 0.1) is 0 Å². The summed E-state index contributed by atoms with van der Waals surface area (Å²) in [5, 5.41) is 20.7. The van der Waals surface area contributed by atoms with Gasteiger partial charge in [-0.15, -0.1) is 0 Å². The number of nitrogens with one attached hydrogen (secondary N) is 1. The van der Waals surface area contributed by atoms with Gasteiger partial charge in [-0.3, -0.25) is 0 Å². The topological polar surface area (TPSA) is 52.5 Å². The van der Waals surface area contributed by atoms with Gasteiger partial charge in [0, 0.05) is 6.04 Å². The second-order valence-electron chi connectivity index (χ2n) is 2.91. The number of halogens is 1. The Balaban J connectivity index is 2.53. The summed E-state index contributed by atoms with van der Waals surface area (Å²) < 4.78 is 13.0. The maximum Gasteiger partial charge on any atom is 0.143 e. The molecule has 3 nitrogen and oxygen atoms in total. The lowest BCUT2D eigenvalue weighted by Gasteiger charge is -2.10. The number of alkyl halides is 1. The summed E-state index contributed by atoms with van der Waals surface area (Å²) in [6.07, 6.45) is -1.66. The Kier molecular flexibility index (Phi) is 2.81. The van der Waals surface area contributed by atoms with E-state index in [1.54, 1.807) is 0 Å². The van der Waals surface area contributed by atoms with Crippen molar-refractivity contribution < 1.29 is 14.6 Å². The zero-order valence-electron chi connectivity index (χ0n) is 6.50. The third-order valence-electron chi connectivity index (χ3n) is 2.19. The molecule has 1 heterocycles. The van der Waals surface area contributed by atoms with Gasteiger partial charge in [-0.1, -0.05) is 6.92 Å². The zero-order chi connectivity index (χ0) is 8.43. The minimum atomic E-state index is -1.24. The molecule has 1 aliphatic rings. The summed E-state index contributed by atoms with van der Waals surface area (Å²) in [4.78, 5) is 0. The molecule has 4 atom stereocenters. The highest BCUT2D eigenvalue weighted by Gasteiger charge is 2.40. The van der Waals surface area contributed by atoms with Gasteiger partial charge in [0.1, 0.15) is 12.3 Å². The van der Waals surface area contributed by atoms with Crippen LogP contribution in [0.15, 0.2) is 0 Å². The fourth-order valence-electron chi connectivity index (χ4n) is 1.43. The maximum atomic E-state index is 13.0. The second-order valence-corrected chi connectivity index (χ2v) is 2.91. The van der Waals surface area contributed by atoms with Crippen molar-refractivity contribution in [3.05, 3.63) is 0 Å². The van der Waals surface area contributed by atoms with E-state index < -0.39 is 18.3 Å². The van der Waals surface area contributed by atoms with E-state index in [0.29, 0.717) is 6.42 Å². The molecule has 1 rings (SSSR count). The summed E-state index contributed by atoms with van der Waals surface area (Å²) in [5.74, 6) is 0. The van der Waals surface area contributed by atoms with Crippen molar-refractivity contribution >= 4 is 0 Å². The first-order valence-electron chi connectivity index (χ1n) is 3.89. The number of rotatable bonds is 2. The van der Waals surface area contributed by atoms with Gasteiger partial charge in [0.05, 0.1) is 12.6 Å². The van der Waals surface area contributed by atoms with Crippen molar-refractivity contribution in [3.8, 4) is 0 Å². The van der Waals surface area contributed by atoms with E-state index in [4.69, 9.17) is 10.2 Å². The molecule has 0 unspecified atom stereocenters. The summed E-state index contributed by atoms with van der Waals surface area (Å²) in [6.45, 7) is 1.63. The van der Waals surface area contributed by atoms with E-state index in [1.807, 2.05) is 6.92 Å². The molecule has 0 spiro atoms. The van der Waals surface area contributed by atoms with Crippen LogP contribution in [0.2, 0.25) is 0 Å². The van der Waals surface area contributed by atoms with E-state index in [9.17, 15) is 4.39 Å². The molecule has 0 aliphatic carbocycles. The highest BCUT2D eigenvalue weighted by molar-refractivity contribution is 4.97. The molecule has 0 bridgehead atoms. The van der Waals surface area contributed by atoms with Gasteiger partial charge in [0.2, 0.25) is 0 Å². The van der Waals surface area contributed by atoms with Crippen molar-refractivity contribution in [2.24, 2.45) is 0 Å². The van der Waals surface area contributed by atoms with Crippen molar-refractivity contribution in [1.82, 2.24) is 5.32 Å². The highest BCUT2D eigenvalue weighted by atomic mass is 19.1. The molecule has 0 aromatic rings. The first-order chi connectivity index (χ1) is 5.20. The molecule has 11 heavy (non-hydrogen) atoms. The second kappa shape index (κ2) is 3.47. The normalized spacial score (nSPS) is 44.7. The summed E-state index contributed by atoms with van der Waals surface area (Å²) in [7, 11) is 0. The van der Waals surface area contributed by atoms with Crippen LogP contribution in [0.25, 0.3) is 0 Å². The Morgan fingerprint density at radius 2 is 2.09 bits per heavy atom. The lowest BCUT2D eigenvalue weighted by molar-refractivity contribution is 0.0673. The number of hydrogen-bond acceptors (Lipinski definition) is 3. The van der Waals surface area contributed by atoms with Crippen LogP contribution < -0.4 is 5.32 Å². The van der Waals surface area contributed by atoms with Crippen molar-refractivity contribution in [2.45, 2.75) is 37.7 Å². The van der Waals surface area contributed by atoms with Crippen LogP contribution in [0.1, 0.15) is 13.3 Å². The molecule has 1 aliphatic heterocycles. The zero-order valence-corrected chi connectivity index (χ0v) is 6.50. The van der Waals surface area contributed by atoms with Gasteiger partial charge in [-0.05, 0) is 6.42 Å². The summed E-state index contributed by atoms with van der Waals surface area (Å²) >= 11 is 0. The predicted molar refractivity (Wildman–Crippen MR) is 39.0 cm³/mol. The van der Waals surface area contributed by atoms with Crippen LogP contribution in [0.5, 0.6) is 0 Å². The molecule has 0 aromatic heterocycles. The highest BCUT2D eigenvalue weighted by Crippen LogP contribution is 2.19. The maximum absolute atomic E-state index is 13.0.